The van der Waals surface area contributed by atoms with Crippen LogP contribution < -0.4 is 19.5 Å². The number of nitrogens with zero attached hydrogens (tertiary/aromatic N) is 1. The highest BCUT2D eigenvalue weighted by molar-refractivity contribution is 7.89. The standard InChI is InChI=1S/C24H31ClN2O6S/c1-15(2)16-8-9-20(31-3)23(11-16)34(29,30)27-10-6-7-17(14-27)24(28)26-19-13-21(32-4)18(25)12-22(19)33-5/h8-9,11-13,15,17H,6-7,10,14H2,1-5H3,(H,26,28)/t17-/m0/s1. The van der Waals surface area contributed by atoms with Crippen LogP contribution in [0.4, 0.5) is 5.69 Å². The van der Waals surface area contributed by atoms with Crippen molar-refractivity contribution in [3.63, 3.8) is 0 Å². The minimum absolute atomic E-state index is 0.0657. The molecule has 8 nitrogen and oxygen atoms in total. The number of hydrogen-bond acceptors (Lipinski definition) is 6. The van der Waals surface area contributed by atoms with Gasteiger partial charge in [-0.3, -0.25) is 4.79 Å². The smallest absolute Gasteiger partial charge is 0.246 e. The molecule has 1 fully saturated rings. The second-order valence-corrected chi connectivity index (χ2v) is 10.8. The number of amides is 1. The van der Waals surface area contributed by atoms with E-state index in [1.807, 2.05) is 19.9 Å². The largest absolute Gasteiger partial charge is 0.495 e. The summed E-state index contributed by atoms with van der Waals surface area (Å²) in [6.45, 7) is 4.40. The van der Waals surface area contributed by atoms with Gasteiger partial charge in [0.25, 0.3) is 0 Å². The van der Waals surface area contributed by atoms with Gasteiger partial charge in [-0.05, 0) is 36.5 Å². The van der Waals surface area contributed by atoms with Crippen LogP contribution >= 0.6 is 11.6 Å². The molecule has 1 aliphatic heterocycles. The van der Waals surface area contributed by atoms with Gasteiger partial charge < -0.3 is 19.5 Å². The maximum Gasteiger partial charge on any atom is 0.246 e. The van der Waals surface area contributed by atoms with E-state index in [4.69, 9.17) is 25.8 Å². The van der Waals surface area contributed by atoms with Gasteiger partial charge in [-0.25, -0.2) is 8.42 Å². The van der Waals surface area contributed by atoms with E-state index in [2.05, 4.69) is 5.32 Å². The number of sulfonamides is 1. The van der Waals surface area contributed by atoms with Crippen molar-refractivity contribution in [1.82, 2.24) is 4.31 Å². The Morgan fingerprint density at radius 2 is 1.74 bits per heavy atom. The number of carbonyl (C=O) groups is 1. The number of carbonyl (C=O) groups excluding carboxylic acids is 1. The minimum atomic E-state index is -3.86. The molecule has 0 unspecified atom stereocenters. The van der Waals surface area contributed by atoms with Gasteiger partial charge in [-0.2, -0.15) is 4.31 Å². The lowest BCUT2D eigenvalue weighted by molar-refractivity contribution is -0.120. The van der Waals surface area contributed by atoms with Crippen LogP contribution in [0.15, 0.2) is 35.2 Å². The Kier molecular flexibility index (Phi) is 8.33. The topological polar surface area (TPSA) is 94.2 Å². The fourth-order valence-electron chi connectivity index (χ4n) is 3.96. The molecule has 10 heteroatoms. The molecule has 1 saturated heterocycles. The highest BCUT2D eigenvalue weighted by Crippen LogP contribution is 2.37. The molecule has 1 amide bonds. The van der Waals surface area contributed by atoms with Crippen molar-refractivity contribution in [1.29, 1.82) is 0 Å². The van der Waals surface area contributed by atoms with E-state index in [1.165, 1.54) is 25.6 Å². The van der Waals surface area contributed by atoms with Crippen molar-refractivity contribution in [2.75, 3.05) is 39.7 Å². The molecule has 34 heavy (non-hydrogen) atoms. The lowest BCUT2D eigenvalue weighted by atomic mass is 9.98. The van der Waals surface area contributed by atoms with Crippen LogP contribution in [0.1, 0.15) is 38.2 Å². The van der Waals surface area contributed by atoms with E-state index in [0.29, 0.717) is 41.6 Å². The van der Waals surface area contributed by atoms with Crippen molar-refractivity contribution in [2.24, 2.45) is 5.92 Å². The van der Waals surface area contributed by atoms with Gasteiger partial charge in [0.15, 0.2) is 0 Å². The van der Waals surface area contributed by atoms with Gasteiger partial charge in [0.2, 0.25) is 15.9 Å². The first-order chi connectivity index (χ1) is 16.1. The average molecular weight is 511 g/mol. The molecular weight excluding hydrogens is 480 g/mol. The number of hydrogen-bond donors (Lipinski definition) is 1. The zero-order valence-corrected chi connectivity index (χ0v) is 21.6. The third-order valence-electron chi connectivity index (χ3n) is 5.96. The SMILES string of the molecule is COc1cc(NC(=O)[C@H]2CCCN(S(=O)(=O)c3cc(C(C)C)ccc3OC)C2)c(OC)cc1Cl. The summed E-state index contributed by atoms with van der Waals surface area (Å²) in [5.41, 5.74) is 1.30. The van der Waals surface area contributed by atoms with Crippen molar-refractivity contribution in [3.8, 4) is 17.2 Å². The fourth-order valence-corrected chi connectivity index (χ4v) is 5.91. The molecule has 1 heterocycles. The Morgan fingerprint density at radius 3 is 2.35 bits per heavy atom. The Morgan fingerprint density at radius 1 is 1.06 bits per heavy atom. The van der Waals surface area contributed by atoms with Crippen molar-refractivity contribution < 1.29 is 27.4 Å². The summed E-state index contributed by atoms with van der Waals surface area (Å²) in [5, 5.41) is 3.19. The molecule has 0 aromatic heterocycles. The normalized spacial score (nSPS) is 16.9. The number of methoxy groups -OCH3 is 3. The molecule has 3 rings (SSSR count). The first kappa shape index (κ1) is 26.1. The molecule has 1 aliphatic rings. The van der Waals surface area contributed by atoms with E-state index in [1.54, 1.807) is 24.3 Å². The number of rotatable bonds is 8. The number of nitrogens with one attached hydrogen (secondary N) is 1. The van der Waals surface area contributed by atoms with E-state index in [0.717, 1.165) is 5.56 Å². The predicted octanol–water partition coefficient (Wildman–Crippen LogP) is 4.53. The van der Waals surface area contributed by atoms with Crippen LogP contribution in [-0.4, -0.2) is 53.0 Å². The number of ether oxygens (including phenoxy) is 3. The summed E-state index contributed by atoms with van der Waals surface area (Å²) in [6.07, 6.45) is 1.12. The van der Waals surface area contributed by atoms with Gasteiger partial charge in [0.1, 0.15) is 22.1 Å². The molecule has 1 atom stereocenters. The van der Waals surface area contributed by atoms with Crippen LogP contribution in [0.2, 0.25) is 5.02 Å². The Labute approximate surface area is 206 Å². The minimum Gasteiger partial charge on any atom is -0.495 e. The zero-order chi connectivity index (χ0) is 25.0. The molecule has 0 saturated carbocycles. The molecule has 0 aliphatic carbocycles. The van der Waals surface area contributed by atoms with Crippen LogP contribution in [0, 0.1) is 5.92 Å². The van der Waals surface area contributed by atoms with Crippen molar-refractivity contribution >= 4 is 33.2 Å². The predicted molar refractivity (Wildman–Crippen MR) is 132 cm³/mol. The maximum atomic E-state index is 13.6. The second kappa shape index (κ2) is 10.8. The van der Waals surface area contributed by atoms with Gasteiger partial charge in [0.05, 0.1) is 38.0 Å². The van der Waals surface area contributed by atoms with Crippen LogP contribution in [0.3, 0.4) is 0 Å². The average Bonchev–Trinajstić information content (AvgIpc) is 2.84. The molecule has 0 bridgehead atoms. The first-order valence-electron chi connectivity index (χ1n) is 11.0. The Hall–Kier alpha value is -2.49. The van der Waals surface area contributed by atoms with Gasteiger partial charge >= 0.3 is 0 Å². The fraction of sp³-hybridized carbons (Fsp3) is 0.458. The third-order valence-corrected chi connectivity index (χ3v) is 8.14. The van der Waals surface area contributed by atoms with Gasteiger partial charge in [-0.1, -0.05) is 31.5 Å². The molecule has 0 spiro atoms. The number of benzene rings is 2. The second-order valence-electron chi connectivity index (χ2n) is 8.44. The number of halogens is 1. The summed E-state index contributed by atoms with van der Waals surface area (Å²) >= 11 is 6.15. The third kappa shape index (κ3) is 5.42. The monoisotopic (exact) mass is 510 g/mol. The molecule has 186 valence electrons. The summed E-state index contributed by atoms with van der Waals surface area (Å²) in [6, 6.07) is 8.34. The van der Waals surface area contributed by atoms with E-state index in [-0.39, 0.29) is 29.0 Å². The molecule has 1 N–H and O–H groups in total. The molecule has 2 aromatic rings. The highest BCUT2D eigenvalue weighted by atomic mass is 35.5. The van der Waals surface area contributed by atoms with E-state index < -0.39 is 15.9 Å². The molecular formula is C24H31ClN2O6S. The van der Waals surface area contributed by atoms with Crippen LogP contribution in [0.25, 0.3) is 0 Å². The Bertz CT molecular complexity index is 1150. The summed E-state index contributed by atoms with van der Waals surface area (Å²) in [7, 11) is 0.537. The van der Waals surface area contributed by atoms with Crippen molar-refractivity contribution in [2.45, 2.75) is 37.5 Å². The summed E-state index contributed by atoms with van der Waals surface area (Å²) in [5.74, 6) is 0.386. The lowest BCUT2D eigenvalue weighted by Crippen LogP contribution is -2.43. The molecule has 2 aromatic carbocycles. The Balaban J connectivity index is 1.84. The quantitative estimate of drug-likeness (QED) is 0.560. The van der Waals surface area contributed by atoms with Crippen LogP contribution in [0.5, 0.6) is 17.2 Å². The number of anilines is 1. The first-order valence-corrected chi connectivity index (χ1v) is 12.8. The summed E-state index contributed by atoms with van der Waals surface area (Å²) < 4.78 is 44.4. The van der Waals surface area contributed by atoms with Gasteiger partial charge in [-0.15, -0.1) is 0 Å². The molecule has 0 radical (unpaired) electrons. The summed E-state index contributed by atoms with van der Waals surface area (Å²) in [4.78, 5) is 13.2. The van der Waals surface area contributed by atoms with Gasteiger partial charge in [0, 0.05) is 25.2 Å². The van der Waals surface area contributed by atoms with E-state index >= 15 is 0 Å². The van der Waals surface area contributed by atoms with Crippen molar-refractivity contribution in [3.05, 3.63) is 40.9 Å². The highest BCUT2D eigenvalue weighted by Gasteiger charge is 2.35. The van der Waals surface area contributed by atoms with E-state index in [9.17, 15) is 13.2 Å². The number of piperidine rings is 1. The lowest BCUT2D eigenvalue weighted by Gasteiger charge is -2.31. The maximum absolute atomic E-state index is 13.6. The zero-order valence-electron chi connectivity index (χ0n) is 20.1. The van der Waals surface area contributed by atoms with Crippen LogP contribution in [-0.2, 0) is 14.8 Å².